The normalized spacial score (nSPS) is 10.1. The molecule has 0 heterocycles. The number of amides is 2. The standard InChI is InChI=1S/C20H21BrClN3O4S/c1-2-3-9-28-15-6-4-5-13(10-15)19(27)23-20(30)25-24-18(26)12-29-17-8-7-14(22)11-16(17)21/h4-8,10-11H,2-3,9,12H2,1H3,(H,24,26)(H2,23,25,27,30). The van der Waals surface area contributed by atoms with Gasteiger partial charge >= 0.3 is 0 Å². The molecule has 30 heavy (non-hydrogen) atoms. The van der Waals surface area contributed by atoms with Gasteiger partial charge in [0.05, 0.1) is 11.1 Å². The smallest absolute Gasteiger partial charge is 0.276 e. The van der Waals surface area contributed by atoms with Gasteiger partial charge in [-0.1, -0.05) is 31.0 Å². The lowest BCUT2D eigenvalue weighted by atomic mass is 10.2. The van der Waals surface area contributed by atoms with Crippen LogP contribution in [0, 0.1) is 0 Å². The number of hydrogen-bond acceptors (Lipinski definition) is 5. The maximum absolute atomic E-state index is 12.3. The van der Waals surface area contributed by atoms with Crippen molar-refractivity contribution in [1.82, 2.24) is 16.2 Å². The van der Waals surface area contributed by atoms with Gasteiger partial charge < -0.3 is 9.47 Å². The number of thiocarbonyl (C=S) groups is 1. The maximum atomic E-state index is 12.3. The van der Waals surface area contributed by atoms with Crippen LogP contribution in [0.5, 0.6) is 11.5 Å². The Balaban J connectivity index is 1.76. The number of benzene rings is 2. The molecule has 10 heteroatoms. The number of unbranched alkanes of at least 4 members (excludes halogenated alkanes) is 1. The Morgan fingerprint density at radius 3 is 2.67 bits per heavy atom. The van der Waals surface area contributed by atoms with Crippen LogP contribution in [0.2, 0.25) is 5.02 Å². The molecule has 3 N–H and O–H groups in total. The average Bonchev–Trinajstić information content (AvgIpc) is 2.72. The molecular weight excluding hydrogens is 494 g/mol. The molecule has 0 spiro atoms. The molecule has 0 atom stereocenters. The Hall–Kier alpha value is -2.36. The Kier molecular flexibility index (Phi) is 9.85. The molecule has 2 aromatic carbocycles. The summed E-state index contributed by atoms with van der Waals surface area (Å²) in [5, 5.41) is 2.97. The third kappa shape index (κ3) is 8.17. The van der Waals surface area contributed by atoms with E-state index in [0.29, 0.717) is 33.2 Å². The molecule has 2 aromatic rings. The molecule has 0 saturated heterocycles. The van der Waals surface area contributed by atoms with Crippen molar-refractivity contribution in [2.24, 2.45) is 0 Å². The van der Waals surface area contributed by atoms with Gasteiger partial charge in [0.25, 0.3) is 11.8 Å². The lowest BCUT2D eigenvalue weighted by Gasteiger charge is -2.12. The van der Waals surface area contributed by atoms with E-state index >= 15 is 0 Å². The second kappa shape index (κ2) is 12.4. The summed E-state index contributed by atoms with van der Waals surface area (Å²) in [7, 11) is 0. The zero-order chi connectivity index (χ0) is 21.9. The summed E-state index contributed by atoms with van der Waals surface area (Å²) in [6, 6.07) is 11.7. The first-order chi connectivity index (χ1) is 14.4. The van der Waals surface area contributed by atoms with E-state index in [9.17, 15) is 9.59 Å². The van der Waals surface area contributed by atoms with E-state index in [4.69, 9.17) is 33.3 Å². The Labute approximate surface area is 193 Å². The molecule has 0 aliphatic rings. The summed E-state index contributed by atoms with van der Waals surface area (Å²) in [4.78, 5) is 24.2. The second-order valence-corrected chi connectivity index (χ2v) is 7.75. The minimum atomic E-state index is -0.486. The maximum Gasteiger partial charge on any atom is 0.276 e. The summed E-state index contributed by atoms with van der Waals surface area (Å²) in [5.74, 6) is 0.157. The van der Waals surface area contributed by atoms with Crippen LogP contribution in [-0.4, -0.2) is 30.1 Å². The minimum Gasteiger partial charge on any atom is -0.494 e. The number of carbonyl (C=O) groups is 2. The molecule has 0 aliphatic carbocycles. The van der Waals surface area contributed by atoms with Crippen molar-refractivity contribution in [2.45, 2.75) is 19.8 Å². The lowest BCUT2D eigenvalue weighted by molar-refractivity contribution is -0.123. The van der Waals surface area contributed by atoms with Crippen LogP contribution >= 0.6 is 39.7 Å². The summed E-state index contributed by atoms with van der Waals surface area (Å²) in [6.45, 7) is 2.39. The van der Waals surface area contributed by atoms with Crippen LogP contribution in [-0.2, 0) is 4.79 Å². The number of carbonyl (C=O) groups excluding carboxylic acids is 2. The van der Waals surface area contributed by atoms with Gasteiger partial charge in [-0.15, -0.1) is 0 Å². The molecule has 0 saturated carbocycles. The van der Waals surface area contributed by atoms with E-state index in [1.54, 1.807) is 42.5 Å². The highest BCUT2D eigenvalue weighted by Gasteiger charge is 2.11. The van der Waals surface area contributed by atoms with Crippen LogP contribution in [0.3, 0.4) is 0 Å². The van der Waals surface area contributed by atoms with Crippen molar-refractivity contribution in [3.05, 3.63) is 57.5 Å². The fourth-order valence-corrected chi connectivity index (χ4v) is 3.11. The first-order valence-electron chi connectivity index (χ1n) is 9.10. The molecule has 0 unspecified atom stereocenters. The number of nitrogens with one attached hydrogen (secondary N) is 3. The highest BCUT2D eigenvalue weighted by molar-refractivity contribution is 9.10. The summed E-state index contributed by atoms with van der Waals surface area (Å²) in [6.07, 6.45) is 1.96. The van der Waals surface area contributed by atoms with Crippen LogP contribution < -0.4 is 25.6 Å². The van der Waals surface area contributed by atoms with E-state index in [-0.39, 0.29) is 11.7 Å². The number of rotatable bonds is 8. The Morgan fingerprint density at radius 1 is 1.13 bits per heavy atom. The molecule has 0 aromatic heterocycles. The Bertz CT molecular complexity index is 913. The largest absolute Gasteiger partial charge is 0.494 e. The molecule has 2 rings (SSSR count). The molecule has 160 valence electrons. The first-order valence-corrected chi connectivity index (χ1v) is 10.7. The molecule has 0 aliphatic heterocycles. The predicted octanol–water partition coefficient (Wildman–Crippen LogP) is 4.00. The first kappa shape index (κ1) is 23.9. The average molecular weight is 515 g/mol. The Morgan fingerprint density at radius 2 is 1.93 bits per heavy atom. The second-order valence-electron chi connectivity index (χ2n) is 6.05. The van der Waals surface area contributed by atoms with Gasteiger partial charge in [-0.05, 0) is 71.0 Å². The minimum absolute atomic E-state index is 0.0571. The summed E-state index contributed by atoms with van der Waals surface area (Å²) in [5.41, 5.74) is 5.19. The number of hydrazine groups is 1. The SMILES string of the molecule is CCCCOc1cccc(C(=O)NC(=S)NNC(=O)COc2ccc(Cl)cc2Br)c1. The van der Waals surface area contributed by atoms with E-state index in [0.717, 1.165) is 12.8 Å². The fraction of sp³-hybridized carbons (Fsp3) is 0.250. The van der Waals surface area contributed by atoms with Gasteiger partial charge in [-0.3, -0.25) is 25.8 Å². The van der Waals surface area contributed by atoms with E-state index in [1.807, 2.05) is 0 Å². The lowest BCUT2D eigenvalue weighted by Crippen LogP contribution is -2.49. The van der Waals surface area contributed by atoms with Gasteiger partial charge in [0, 0.05) is 10.6 Å². The van der Waals surface area contributed by atoms with Gasteiger partial charge in [0.15, 0.2) is 11.7 Å². The predicted molar refractivity (Wildman–Crippen MR) is 123 cm³/mol. The number of ether oxygens (including phenoxy) is 2. The van der Waals surface area contributed by atoms with Gasteiger partial charge in [-0.25, -0.2) is 0 Å². The quantitative estimate of drug-likeness (QED) is 0.280. The van der Waals surface area contributed by atoms with E-state index < -0.39 is 11.8 Å². The number of halogens is 2. The van der Waals surface area contributed by atoms with Gasteiger partial charge in [-0.2, -0.15) is 0 Å². The topological polar surface area (TPSA) is 88.7 Å². The van der Waals surface area contributed by atoms with Gasteiger partial charge in [0.2, 0.25) is 0 Å². The van der Waals surface area contributed by atoms with Crippen molar-refractivity contribution in [1.29, 1.82) is 0 Å². The van der Waals surface area contributed by atoms with Crippen molar-refractivity contribution in [3.8, 4) is 11.5 Å². The van der Waals surface area contributed by atoms with Crippen LogP contribution in [0.1, 0.15) is 30.1 Å². The summed E-state index contributed by atoms with van der Waals surface area (Å²) >= 11 is 14.2. The molecule has 0 radical (unpaired) electrons. The highest BCUT2D eigenvalue weighted by Crippen LogP contribution is 2.27. The molecule has 0 fully saturated rings. The monoisotopic (exact) mass is 513 g/mol. The molecule has 2 amide bonds. The van der Waals surface area contributed by atoms with Crippen LogP contribution in [0.25, 0.3) is 0 Å². The van der Waals surface area contributed by atoms with Crippen LogP contribution in [0.15, 0.2) is 46.9 Å². The molecule has 0 bridgehead atoms. The zero-order valence-electron chi connectivity index (χ0n) is 16.2. The third-order valence-corrected chi connectivity index (χ3v) is 4.72. The number of hydrogen-bond donors (Lipinski definition) is 3. The fourth-order valence-electron chi connectivity index (χ4n) is 2.17. The van der Waals surface area contributed by atoms with Crippen molar-refractivity contribution in [2.75, 3.05) is 13.2 Å². The summed E-state index contributed by atoms with van der Waals surface area (Å²) < 4.78 is 11.6. The van der Waals surface area contributed by atoms with E-state index in [2.05, 4.69) is 39.0 Å². The van der Waals surface area contributed by atoms with Gasteiger partial charge in [0.1, 0.15) is 11.5 Å². The molecule has 7 nitrogen and oxygen atoms in total. The van der Waals surface area contributed by atoms with Crippen molar-refractivity contribution in [3.63, 3.8) is 0 Å². The highest BCUT2D eigenvalue weighted by atomic mass is 79.9. The van der Waals surface area contributed by atoms with Crippen molar-refractivity contribution >= 4 is 56.7 Å². The molecular formula is C20H21BrClN3O4S. The van der Waals surface area contributed by atoms with Crippen molar-refractivity contribution < 1.29 is 19.1 Å². The van der Waals surface area contributed by atoms with Crippen LogP contribution in [0.4, 0.5) is 0 Å². The van der Waals surface area contributed by atoms with E-state index in [1.165, 1.54) is 0 Å². The third-order valence-electron chi connectivity index (χ3n) is 3.66. The zero-order valence-corrected chi connectivity index (χ0v) is 19.3.